The van der Waals surface area contributed by atoms with E-state index in [-0.39, 0.29) is 11.9 Å². The second-order valence-corrected chi connectivity index (χ2v) is 6.05. The first-order chi connectivity index (χ1) is 11.8. The smallest absolute Gasteiger partial charge is 0.262 e. The number of benzene rings is 2. The van der Waals surface area contributed by atoms with Crippen molar-refractivity contribution < 1.29 is 4.79 Å². The normalized spacial score (nSPS) is 16.8. The van der Waals surface area contributed by atoms with Crippen molar-refractivity contribution in [2.45, 2.75) is 25.3 Å². The van der Waals surface area contributed by atoms with E-state index in [2.05, 4.69) is 15.4 Å². The molecule has 2 aromatic carbocycles. The van der Waals surface area contributed by atoms with Gasteiger partial charge in [-0.25, -0.2) is 5.43 Å². The highest BCUT2D eigenvalue weighted by molar-refractivity contribution is 5.85. The molecule has 0 radical (unpaired) electrons. The summed E-state index contributed by atoms with van der Waals surface area (Å²) in [5.41, 5.74) is 4.70. The van der Waals surface area contributed by atoms with Gasteiger partial charge in [-0.2, -0.15) is 5.10 Å². The van der Waals surface area contributed by atoms with Crippen molar-refractivity contribution >= 4 is 12.1 Å². The van der Waals surface area contributed by atoms with E-state index >= 15 is 0 Å². The Bertz CT molecular complexity index is 664. The zero-order valence-electron chi connectivity index (χ0n) is 13.8. The Kier molecular flexibility index (Phi) is 5.75. The summed E-state index contributed by atoms with van der Waals surface area (Å²) in [5, 5.41) is 4.13. The van der Waals surface area contributed by atoms with Crippen LogP contribution in [0.25, 0.3) is 0 Å². The second-order valence-electron chi connectivity index (χ2n) is 6.05. The Labute approximate surface area is 143 Å². The average molecular weight is 321 g/mol. The first-order valence-electron chi connectivity index (χ1n) is 8.51. The van der Waals surface area contributed by atoms with E-state index in [1.165, 1.54) is 6.42 Å². The van der Waals surface area contributed by atoms with Crippen LogP contribution in [0.5, 0.6) is 0 Å². The third-order valence-electron chi connectivity index (χ3n) is 4.31. The number of nitrogens with zero attached hydrogens (tertiary/aromatic N) is 2. The summed E-state index contributed by atoms with van der Waals surface area (Å²) in [6, 6.07) is 19.4. The van der Waals surface area contributed by atoms with Crippen LogP contribution in [0, 0.1) is 0 Å². The van der Waals surface area contributed by atoms with Gasteiger partial charge < -0.3 is 0 Å². The van der Waals surface area contributed by atoms with Gasteiger partial charge in [-0.05, 0) is 37.1 Å². The number of carbonyl (C=O) groups excluding carboxylic acids is 1. The molecule has 0 aliphatic carbocycles. The number of rotatable bonds is 5. The Hall–Kier alpha value is -2.46. The van der Waals surface area contributed by atoms with Gasteiger partial charge >= 0.3 is 0 Å². The molecule has 1 saturated heterocycles. The lowest BCUT2D eigenvalue weighted by atomic mass is 10.0. The average Bonchev–Trinajstić information content (AvgIpc) is 2.65. The summed E-state index contributed by atoms with van der Waals surface area (Å²) in [4.78, 5) is 15.0. The fourth-order valence-corrected chi connectivity index (χ4v) is 3.11. The van der Waals surface area contributed by atoms with Gasteiger partial charge in [0.05, 0.1) is 6.21 Å². The minimum absolute atomic E-state index is 0.0738. The van der Waals surface area contributed by atoms with Crippen LogP contribution in [-0.2, 0) is 4.79 Å². The molecule has 4 nitrogen and oxygen atoms in total. The van der Waals surface area contributed by atoms with Crippen LogP contribution in [0.4, 0.5) is 0 Å². The number of hydrogen-bond donors (Lipinski definition) is 1. The van der Waals surface area contributed by atoms with Gasteiger partial charge in [0, 0.05) is 0 Å². The molecule has 1 heterocycles. The van der Waals surface area contributed by atoms with Crippen molar-refractivity contribution in [1.29, 1.82) is 0 Å². The molecule has 1 amide bonds. The van der Waals surface area contributed by atoms with Gasteiger partial charge in [0.2, 0.25) is 0 Å². The predicted octanol–water partition coefficient (Wildman–Crippen LogP) is 3.36. The minimum atomic E-state index is -0.278. The number of hydrazone groups is 1. The fourth-order valence-electron chi connectivity index (χ4n) is 3.11. The zero-order chi connectivity index (χ0) is 16.6. The molecule has 1 fully saturated rings. The van der Waals surface area contributed by atoms with Crippen LogP contribution >= 0.6 is 0 Å². The summed E-state index contributed by atoms with van der Waals surface area (Å²) in [5.74, 6) is -0.0738. The van der Waals surface area contributed by atoms with Crippen LogP contribution < -0.4 is 5.43 Å². The molecule has 2 aromatic rings. The molecule has 1 aliphatic rings. The third kappa shape index (κ3) is 4.30. The van der Waals surface area contributed by atoms with Crippen molar-refractivity contribution in [2.75, 3.05) is 13.1 Å². The molecule has 0 bridgehead atoms. The van der Waals surface area contributed by atoms with E-state index in [0.29, 0.717) is 0 Å². The highest BCUT2D eigenvalue weighted by Crippen LogP contribution is 2.24. The first-order valence-corrected chi connectivity index (χ1v) is 8.51. The fraction of sp³-hybridized carbons (Fsp3) is 0.300. The maximum absolute atomic E-state index is 12.8. The van der Waals surface area contributed by atoms with Gasteiger partial charge in [-0.1, -0.05) is 67.1 Å². The van der Waals surface area contributed by atoms with E-state index in [0.717, 1.165) is 37.1 Å². The van der Waals surface area contributed by atoms with Crippen molar-refractivity contribution in [1.82, 2.24) is 10.3 Å². The van der Waals surface area contributed by atoms with Crippen LogP contribution in [0.15, 0.2) is 65.8 Å². The van der Waals surface area contributed by atoms with E-state index < -0.39 is 0 Å². The molecule has 3 rings (SSSR count). The highest BCUT2D eigenvalue weighted by atomic mass is 16.2. The molecule has 0 spiro atoms. The molecule has 1 aliphatic heterocycles. The molecule has 1 atom stereocenters. The third-order valence-corrected chi connectivity index (χ3v) is 4.31. The van der Waals surface area contributed by atoms with Crippen molar-refractivity contribution in [3.05, 3.63) is 71.8 Å². The summed E-state index contributed by atoms with van der Waals surface area (Å²) < 4.78 is 0. The molecule has 0 aromatic heterocycles. The van der Waals surface area contributed by atoms with Gasteiger partial charge in [0.1, 0.15) is 6.04 Å². The lowest BCUT2D eigenvalue weighted by Gasteiger charge is -2.33. The van der Waals surface area contributed by atoms with Crippen molar-refractivity contribution in [3.8, 4) is 0 Å². The van der Waals surface area contributed by atoms with Gasteiger partial charge in [0.15, 0.2) is 0 Å². The Morgan fingerprint density at radius 3 is 2.25 bits per heavy atom. The number of hydrogen-bond acceptors (Lipinski definition) is 3. The molecule has 0 saturated carbocycles. The largest absolute Gasteiger partial charge is 0.288 e. The highest BCUT2D eigenvalue weighted by Gasteiger charge is 2.28. The first kappa shape index (κ1) is 16.4. The maximum atomic E-state index is 12.8. The number of piperidine rings is 1. The van der Waals surface area contributed by atoms with Crippen LogP contribution in [0.1, 0.15) is 36.4 Å². The van der Waals surface area contributed by atoms with Crippen LogP contribution in [-0.4, -0.2) is 30.1 Å². The minimum Gasteiger partial charge on any atom is -0.288 e. The Morgan fingerprint density at radius 1 is 0.958 bits per heavy atom. The number of likely N-dealkylation sites (tertiary alicyclic amines) is 1. The van der Waals surface area contributed by atoms with E-state index in [4.69, 9.17) is 0 Å². The molecule has 1 N–H and O–H groups in total. The lowest BCUT2D eigenvalue weighted by Crippen LogP contribution is -2.41. The van der Waals surface area contributed by atoms with Crippen molar-refractivity contribution in [3.63, 3.8) is 0 Å². The quantitative estimate of drug-likeness (QED) is 0.678. The Morgan fingerprint density at radius 2 is 1.58 bits per heavy atom. The zero-order valence-corrected chi connectivity index (χ0v) is 13.8. The van der Waals surface area contributed by atoms with Crippen LogP contribution in [0.2, 0.25) is 0 Å². The van der Waals surface area contributed by atoms with Crippen molar-refractivity contribution in [2.24, 2.45) is 5.10 Å². The topological polar surface area (TPSA) is 44.7 Å². The molecular weight excluding hydrogens is 298 g/mol. The molecule has 1 unspecified atom stereocenters. The standard InChI is InChI=1S/C20H23N3O/c24-20(22-21-16-17-10-4-1-5-11-17)19(18-12-6-2-7-13-18)23-14-8-3-9-15-23/h1-2,4-7,10-13,16,19H,3,8-9,14-15H2,(H,22,24)/b21-16+. The van der Waals surface area contributed by atoms with Gasteiger partial charge in [-0.15, -0.1) is 0 Å². The molecule has 124 valence electrons. The number of carbonyl (C=O) groups is 1. The SMILES string of the molecule is O=C(N/N=C/c1ccccc1)C(c1ccccc1)N1CCCCC1. The summed E-state index contributed by atoms with van der Waals surface area (Å²) >= 11 is 0. The summed E-state index contributed by atoms with van der Waals surface area (Å²) in [6.45, 7) is 1.91. The van der Waals surface area contributed by atoms with E-state index in [1.807, 2.05) is 60.7 Å². The lowest BCUT2D eigenvalue weighted by molar-refractivity contribution is -0.127. The predicted molar refractivity (Wildman–Crippen MR) is 96.8 cm³/mol. The molecular formula is C20H23N3O. The molecule has 4 heteroatoms. The van der Waals surface area contributed by atoms with Gasteiger partial charge in [-0.3, -0.25) is 9.69 Å². The van der Waals surface area contributed by atoms with E-state index in [9.17, 15) is 4.79 Å². The number of amides is 1. The maximum Gasteiger partial charge on any atom is 0.262 e. The summed E-state index contributed by atoms with van der Waals surface area (Å²) in [7, 11) is 0. The van der Waals surface area contributed by atoms with Crippen LogP contribution in [0.3, 0.4) is 0 Å². The molecule has 24 heavy (non-hydrogen) atoms. The Balaban J connectivity index is 1.72. The number of nitrogens with one attached hydrogen (secondary N) is 1. The second kappa shape index (κ2) is 8.41. The van der Waals surface area contributed by atoms with Gasteiger partial charge in [0.25, 0.3) is 5.91 Å². The summed E-state index contributed by atoms with van der Waals surface area (Å²) in [6.07, 6.45) is 5.20. The monoisotopic (exact) mass is 321 g/mol. The van der Waals surface area contributed by atoms with E-state index in [1.54, 1.807) is 6.21 Å².